The van der Waals surface area contributed by atoms with Crippen LogP contribution in [0, 0.1) is 10.1 Å². The molecule has 1 atom stereocenters. The molecule has 0 fully saturated rings. The molecule has 144 valence electrons. The van der Waals surface area contributed by atoms with E-state index in [9.17, 15) is 23.6 Å². The van der Waals surface area contributed by atoms with E-state index in [1.807, 2.05) is 18.2 Å². The largest absolute Gasteiger partial charge is 0.387 e. The van der Waals surface area contributed by atoms with Crippen molar-refractivity contribution in [3.8, 4) is 0 Å². The van der Waals surface area contributed by atoms with E-state index in [2.05, 4.69) is 4.72 Å². The molecule has 0 saturated carbocycles. The maximum Gasteiger partial charge on any atom is 0.269 e. The lowest BCUT2D eigenvalue weighted by Gasteiger charge is -2.14. The van der Waals surface area contributed by atoms with Gasteiger partial charge in [0.25, 0.3) is 5.69 Å². The maximum absolute atomic E-state index is 12.9. The van der Waals surface area contributed by atoms with Gasteiger partial charge in [-0.15, -0.1) is 0 Å². The fourth-order valence-corrected chi connectivity index (χ4v) is 4.90. The van der Waals surface area contributed by atoms with Gasteiger partial charge in [-0.2, -0.15) is 0 Å². The van der Waals surface area contributed by atoms with E-state index in [0.717, 1.165) is 29.4 Å². The quantitative estimate of drug-likeness (QED) is 0.490. The number of aliphatic hydroxyl groups is 1. The smallest absolute Gasteiger partial charge is 0.269 e. The molecule has 1 aliphatic rings. The summed E-state index contributed by atoms with van der Waals surface area (Å²) in [6.45, 7) is -0.233. The van der Waals surface area contributed by atoms with Gasteiger partial charge in [0, 0.05) is 24.1 Å². The topological polar surface area (TPSA) is 110 Å². The van der Waals surface area contributed by atoms with Gasteiger partial charge in [-0.3, -0.25) is 10.1 Å². The van der Waals surface area contributed by atoms with Crippen molar-refractivity contribution >= 4 is 26.5 Å². The van der Waals surface area contributed by atoms with Gasteiger partial charge in [-0.25, -0.2) is 13.1 Å². The Hall–Kier alpha value is -2.81. The molecular formula is C20H18N2O5S. The number of hydrogen-bond donors (Lipinski definition) is 2. The van der Waals surface area contributed by atoms with Gasteiger partial charge in [0.05, 0.1) is 15.9 Å². The van der Waals surface area contributed by atoms with Crippen LogP contribution in [0.3, 0.4) is 0 Å². The second-order valence-corrected chi connectivity index (χ2v) is 8.51. The minimum absolute atomic E-state index is 0.0931. The summed E-state index contributed by atoms with van der Waals surface area (Å²) in [5.74, 6) is 0. The number of nitro groups is 1. The molecule has 1 aliphatic carbocycles. The standard InChI is InChI=1S/C20H18N2O5S/c23-18(13-6-9-16(10-7-13)22(24)25)12-21-28(26,27)19-11-8-15-5-4-14-2-1-3-17(19)20(14)15/h1-3,6-11,18,21,23H,4-5,12H2. The predicted molar refractivity (Wildman–Crippen MR) is 105 cm³/mol. The SMILES string of the molecule is O=[N+]([O-])c1ccc(C(O)CNS(=O)(=O)c2ccc3c4c(cccc24)CC3)cc1. The van der Waals surface area contributed by atoms with E-state index in [0.29, 0.717) is 10.9 Å². The van der Waals surface area contributed by atoms with Crippen LogP contribution in [0.5, 0.6) is 0 Å². The van der Waals surface area contributed by atoms with E-state index in [4.69, 9.17) is 0 Å². The van der Waals surface area contributed by atoms with Crippen molar-refractivity contribution in [2.75, 3.05) is 6.54 Å². The molecule has 4 rings (SSSR count). The Labute approximate surface area is 161 Å². The molecule has 0 radical (unpaired) electrons. The first kappa shape index (κ1) is 18.5. The zero-order valence-electron chi connectivity index (χ0n) is 14.8. The van der Waals surface area contributed by atoms with Crippen LogP contribution in [0.15, 0.2) is 59.5 Å². The van der Waals surface area contributed by atoms with E-state index in [1.54, 1.807) is 12.1 Å². The summed E-state index contributed by atoms with van der Waals surface area (Å²) in [6.07, 6.45) is 0.692. The Morgan fingerprint density at radius 3 is 2.39 bits per heavy atom. The highest BCUT2D eigenvalue weighted by atomic mass is 32.2. The van der Waals surface area contributed by atoms with E-state index in [1.165, 1.54) is 24.3 Å². The molecule has 3 aromatic rings. The highest BCUT2D eigenvalue weighted by Gasteiger charge is 2.23. The number of non-ortho nitro benzene ring substituents is 1. The van der Waals surface area contributed by atoms with Crippen molar-refractivity contribution in [2.45, 2.75) is 23.8 Å². The second-order valence-electron chi connectivity index (χ2n) is 6.78. The average molecular weight is 398 g/mol. The molecule has 0 bridgehead atoms. The minimum Gasteiger partial charge on any atom is -0.387 e. The van der Waals surface area contributed by atoms with Gasteiger partial charge >= 0.3 is 0 Å². The Morgan fingerprint density at radius 2 is 1.71 bits per heavy atom. The van der Waals surface area contributed by atoms with Crippen LogP contribution in [0.25, 0.3) is 10.8 Å². The summed E-state index contributed by atoms with van der Waals surface area (Å²) >= 11 is 0. The minimum atomic E-state index is -3.84. The molecular weight excluding hydrogens is 380 g/mol. The van der Waals surface area contributed by atoms with Gasteiger partial charge < -0.3 is 5.11 Å². The van der Waals surface area contributed by atoms with Crippen molar-refractivity contribution in [3.05, 3.63) is 81.4 Å². The number of benzene rings is 3. The van der Waals surface area contributed by atoms with Crippen LogP contribution in [0.2, 0.25) is 0 Å². The zero-order valence-corrected chi connectivity index (χ0v) is 15.6. The first-order chi connectivity index (χ1) is 13.4. The van der Waals surface area contributed by atoms with Crippen LogP contribution in [-0.4, -0.2) is 25.0 Å². The average Bonchev–Trinajstić information content (AvgIpc) is 3.11. The van der Waals surface area contributed by atoms with Crippen LogP contribution < -0.4 is 4.72 Å². The van der Waals surface area contributed by atoms with Crippen molar-refractivity contribution < 1.29 is 18.4 Å². The van der Waals surface area contributed by atoms with E-state index < -0.39 is 21.1 Å². The Bertz CT molecular complexity index is 1160. The molecule has 2 N–H and O–H groups in total. The van der Waals surface area contributed by atoms with Crippen molar-refractivity contribution in [1.82, 2.24) is 4.72 Å². The molecule has 28 heavy (non-hydrogen) atoms. The molecule has 3 aromatic carbocycles. The highest BCUT2D eigenvalue weighted by molar-refractivity contribution is 7.89. The van der Waals surface area contributed by atoms with Gasteiger partial charge in [-0.1, -0.05) is 24.3 Å². The number of nitrogens with zero attached hydrogens (tertiary/aromatic N) is 1. The van der Waals surface area contributed by atoms with Crippen molar-refractivity contribution in [1.29, 1.82) is 0 Å². The van der Waals surface area contributed by atoms with Gasteiger partial charge in [0.15, 0.2) is 0 Å². The molecule has 0 heterocycles. The van der Waals surface area contributed by atoms with Crippen LogP contribution >= 0.6 is 0 Å². The Morgan fingerprint density at radius 1 is 1.04 bits per heavy atom. The molecule has 0 amide bonds. The number of aliphatic hydroxyl groups excluding tert-OH is 1. The van der Waals surface area contributed by atoms with Gasteiger partial charge in [0.1, 0.15) is 0 Å². The summed E-state index contributed by atoms with van der Waals surface area (Å²) in [5.41, 5.74) is 2.60. The summed E-state index contributed by atoms with van der Waals surface area (Å²) in [4.78, 5) is 10.4. The summed E-state index contributed by atoms with van der Waals surface area (Å²) < 4.78 is 28.2. The number of rotatable bonds is 6. The van der Waals surface area contributed by atoms with Crippen LogP contribution in [0.4, 0.5) is 5.69 Å². The Kier molecular flexibility index (Phi) is 4.62. The molecule has 7 nitrogen and oxygen atoms in total. The molecule has 0 aliphatic heterocycles. The monoisotopic (exact) mass is 398 g/mol. The molecule has 1 unspecified atom stereocenters. The third kappa shape index (κ3) is 3.26. The normalized spacial score (nSPS) is 14.3. The fraction of sp³-hybridized carbons (Fsp3) is 0.200. The fourth-order valence-electron chi connectivity index (χ4n) is 3.66. The first-order valence-electron chi connectivity index (χ1n) is 8.82. The number of sulfonamides is 1. The van der Waals surface area contributed by atoms with Gasteiger partial charge in [-0.05, 0) is 53.1 Å². The lowest BCUT2D eigenvalue weighted by atomic mass is 10.1. The van der Waals surface area contributed by atoms with Crippen LogP contribution in [0.1, 0.15) is 22.8 Å². The number of aryl methyl sites for hydroxylation is 2. The molecule has 8 heteroatoms. The third-order valence-electron chi connectivity index (χ3n) is 5.08. The lowest BCUT2D eigenvalue weighted by molar-refractivity contribution is -0.384. The van der Waals surface area contributed by atoms with Crippen molar-refractivity contribution in [2.24, 2.45) is 0 Å². The number of nitrogens with one attached hydrogen (secondary N) is 1. The number of nitro benzene ring substituents is 1. The molecule has 0 aromatic heterocycles. The van der Waals surface area contributed by atoms with E-state index in [-0.39, 0.29) is 17.1 Å². The van der Waals surface area contributed by atoms with Gasteiger partial charge in [0.2, 0.25) is 10.0 Å². The molecule has 0 spiro atoms. The van der Waals surface area contributed by atoms with E-state index >= 15 is 0 Å². The first-order valence-corrected chi connectivity index (χ1v) is 10.3. The summed E-state index contributed by atoms with van der Waals surface area (Å²) in [5, 5.41) is 22.7. The third-order valence-corrected chi connectivity index (χ3v) is 6.56. The summed E-state index contributed by atoms with van der Waals surface area (Å²) in [7, 11) is -3.84. The highest BCUT2D eigenvalue weighted by Crippen LogP contribution is 2.34. The second kappa shape index (κ2) is 6.97. The molecule has 0 saturated heterocycles. The lowest BCUT2D eigenvalue weighted by Crippen LogP contribution is -2.28. The Balaban J connectivity index is 1.57. The zero-order chi connectivity index (χ0) is 19.9. The van der Waals surface area contributed by atoms with Crippen molar-refractivity contribution in [3.63, 3.8) is 0 Å². The number of hydrogen-bond acceptors (Lipinski definition) is 5. The predicted octanol–water partition coefficient (Wildman–Crippen LogP) is 2.86. The van der Waals surface area contributed by atoms with Crippen LogP contribution in [-0.2, 0) is 22.9 Å². The summed E-state index contributed by atoms with van der Waals surface area (Å²) in [6, 6.07) is 14.5. The maximum atomic E-state index is 12.9.